The third-order valence-electron chi connectivity index (χ3n) is 1.69. The summed E-state index contributed by atoms with van der Waals surface area (Å²) in [6.07, 6.45) is -4.89. The molecule has 2 unspecified atom stereocenters. The van der Waals surface area contributed by atoms with E-state index in [1.54, 1.807) is 0 Å². The molecule has 0 fully saturated rings. The average Bonchev–Trinajstić information content (AvgIpc) is 2.35. The summed E-state index contributed by atoms with van der Waals surface area (Å²) in [5.74, 6) is -9.61. The van der Waals surface area contributed by atoms with E-state index in [4.69, 9.17) is 0 Å². The van der Waals surface area contributed by atoms with Crippen molar-refractivity contribution in [3.63, 3.8) is 0 Å². The first kappa shape index (κ1) is 19.8. The zero-order valence-electron chi connectivity index (χ0n) is 9.78. The van der Waals surface area contributed by atoms with Gasteiger partial charge in [0.25, 0.3) is 24.5 Å². The molecule has 0 bridgehead atoms. The van der Waals surface area contributed by atoms with Crippen molar-refractivity contribution in [2.75, 3.05) is 0 Å². The summed E-state index contributed by atoms with van der Waals surface area (Å²) in [6.45, 7) is 0. The largest absolute Gasteiger partial charge is 0.255 e. The predicted octanol–water partition coefficient (Wildman–Crippen LogP) is 3.94. The van der Waals surface area contributed by atoms with E-state index in [0.717, 1.165) is 0 Å². The van der Waals surface area contributed by atoms with Gasteiger partial charge in [0.2, 0.25) is 23.3 Å². The van der Waals surface area contributed by atoms with E-state index in [1.165, 1.54) is 11.5 Å². The van der Waals surface area contributed by atoms with Crippen LogP contribution in [0.3, 0.4) is 0 Å². The first-order chi connectivity index (χ1) is 9.22. The molecule has 0 aromatic carbocycles. The van der Waals surface area contributed by atoms with Crippen LogP contribution >= 0.6 is 0 Å². The smallest absolute Gasteiger partial charge is 0.213 e. The molecular formula is C10H2F8HgN2. The number of halogens is 8. The molecule has 2 aliphatic heterocycles. The molecule has 0 N–H and O–H groups in total. The molecule has 0 saturated carbocycles. The summed E-state index contributed by atoms with van der Waals surface area (Å²) in [5, 5.41) is 0. The molecule has 21 heavy (non-hydrogen) atoms. The van der Waals surface area contributed by atoms with Crippen LogP contribution in [0, 0.1) is 0 Å². The third kappa shape index (κ3) is 5.57. The van der Waals surface area contributed by atoms with Gasteiger partial charge in [-0.1, -0.05) is 0 Å². The minimum Gasteiger partial charge on any atom is -0.213 e. The van der Waals surface area contributed by atoms with Gasteiger partial charge in [-0.25, -0.2) is 18.8 Å². The second-order valence-corrected chi connectivity index (χ2v) is 3.09. The summed E-state index contributed by atoms with van der Waals surface area (Å²) >= 11 is 0. The van der Waals surface area contributed by atoms with Crippen molar-refractivity contribution < 1.29 is 62.8 Å². The molecule has 0 aliphatic carbocycles. The van der Waals surface area contributed by atoms with Gasteiger partial charge < -0.3 is 0 Å². The van der Waals surface area contributed by atoms with Crippen LogP contribution in [-0.2, 0) is 27.7 Å². The quantitative estimate of drug-likeness (QED) is 0.208. The Labute approximate surface area is 132 Å². The van der Waals surface area contributed by atoms with E-state index in [1.807, 2.05) is 0 Å². The minimum absolute atomic E-state index is 0. The Morgan fingerprint density at radius 2 is 0.952 bits per heavy atom. The fourth-order valence-corrected chi connectivity index (χ4v) is 0.858. The summed E-state index contributed by atoms with van der Waals surface area (Å²) in [4.78, 5) is 4.68. The third-order valence-corrected chi connectivity index (χ3v) is 1.69. The van der Waals surface area contributed by atoms with Crippen LogP contribution in [-0.4, -0.2) is 24.5 Å². The van der Waals surface area contributed by atoms with Gasteiger partial charge in [-0.15, -0.1) is 0 Å². The van der Waals surface area contributed by atoms with Crippen molar-refractivity contribution in [3.8, 4) is 0 Å². The van der Waals surface area contributed by atoms with Crippen LogP contribution in [0.2, 0.25) is 0 Å². The number of hydrogen-bond acceptors (Lipinski definition) is 2. The van der Waals surface area contributed by atoms with Crippen molar-refractivity contribution >= 4 is 11.9 Å². The fraction of sp³-hybridized carbons (Fsp3) is 0.200. The van der Waals surface area contributed by atoms with Gasteiger partial charge in [-0.05, 0) is 11.5 Å². The molecule has 0 aromatic heterocycles. The Balaban J connectivity index is 0.000000364. The number of rotatable bonds is 0. The number of nitrogens with zero attached hydrogens (tertiary/aromatic N) is 2. The molecule has 2 rings (SSSR count). The Hall–Kier alpha value is -1.24. The maximum absolute atomic E-state index is 11.9. The molecular weight excluding hydrogens is 501 g/mol. The van der Waals surface area contributed by atoms with Crippen molar-refractivity contribution in [2.45, 2.75) is 12.6 Å². The molecule has 2 nitrogen and oxygen atoms in total. The zero-order chi connectivity index (χ0) is 15.4. The van der Waals surface area contributed by atoms with Crippen LogP contribution in [0.1, 0.15) is 0 Å². The van der Waals surface area contributed by atoms with E-state index in [-0.39, 0.29) is 27.7 Å². The fourth-order valence-electron chi connectivity index (χ4n) is 0.858. The Morgan fingerprint density at radius 3 is 1.19 bits per heavy atom. The Kier molecular flexibility index (Phi) is 7.77. The normalized spacial score (nSPS) is 24.0. The minimum atomic E-state index is -2.44. The van der Waals surface area contributed by atoms with Crippen molar-refractivity contribution in [1.29, 1.82) is 0 Å². The second-order valence-electron chi connectivity index (χ2n) is 3.09. The summed E-state index contributed by atoms with van der Waals surface area (Å²) in [6, 6.07) is 0. The molecule has 0 aromatic rings. The molecule has 0 radical (unpaired) electrons. The first-order valence-electron chi connectivity index (χ1n) is 4.61. The molecule has 110 valence electrons. The topological polar surface area (TPSA) is 24.7 Å². The summed E-state index contributed by atoms with van der Waals surface area (Å²) in [7, 11) is 0. The van der Waals surface area contributed by atoms with Crippen LogP contribution in [0.4, 0.5) is 35.1 Å². The van der Waals surface area contributed by atoms with Gasteiger partial charge in [-0.3, -0.25) is 0 Å². The molecule has 0 amide bonds. The van der Waals surface area contributed by atoms with Gasteiger partial charge in [0.15, 0.2) is 0 Å². The van der Waals surface area contributed by atoms with E-state index in [0.29, 0.717) is 0 Å². The van der Waals surface area contributed by atoms with E-state index in [2.05, 4.69) is 9.98 Å². The van der Waals surface area contributed by atoms with Crippen LogP contribution in [0.25, 0.3) is 0 Å². The van der Waals surface area contributed by atoms with Crippen LogP contribution in [0.15, 0.2) is 44.8 Å². The van der Waals surface area contributed by atoms with Crippen LogP contribution < -0.4 is 0 Å². The van der Waals surface area contributed by atoms with Crippen molar-refractivity contribution in [1.82, 2.24) is 0 Å². The first-order valence-corrected chi connectivity index (χ1v) is 4.61. The molecule has 2 heterocycles. The van der Waals surface area contributed by atoms with Gasteiger partial charge >= 0.3 is 0 Å². The van der Waals surface area contributed by atoms with Gasteiger partial charge in [0, 0.05) is 27.7 Å². The number of alkyl halides is 2. The van der Waals surface area contributed by atoms with Gasteiger partial charge in [-0.2, -0.15) is 26.3 Å². The van der Waals surface area contributed by atoms with Gasteiger partial charge in [0.1, 0.15) is 0 Å². The summed E-state index contributed by atoms with van der Waals surface area (Å²) < 4.78 is 95.1. The van der Waals surface area contributed by atoms with Crippen molar-refractivity contribution in [3.05, 3.63) is 34.8 Å². The standard InChI is InChI=1S/2C5HF4N.Hg/c2*6-2-1-3(7)5(9)10-4(2)8;/h2*4H;. The molecule has 0 saturated heterocycles. The predicted molar refractivity (Wildman–Crippen MR) is 52.4 cm³/mol. The molecule has 0 spiro atoms. The van der Waals surface area contributed by atoms with Crippen LogP contribution in [0.5, 0.6) is 0 Å². The zero-order valence-corrected chi connectivity index (χ0v) is 15.3. The molecule has 11 heteroatoms. The molecule has 2 atom stereocenters. The number of aliphatic imine (C=N–C) groups is 2. The molecule has 2 aliphatic rings. The van der Waals surface area contributed by atoms with E-state index in [9.17, 15) is 35.1 Å². The average molecular weight is 503 g/mol. The SMILES string of the molecule is FC1=C=C(F)C(F)N=C1F.FC1=C=C(F)C(F)N=C1F.[Hg]. The van der Waals surface area contributed by atoms with Gasteiger partial charge in [0.05, 0.1) is 0 Å². The number of hydrogen-bond donors (Lipinski definition) is 0. The maximum Gasteiger partial charge on any atom is 0.255 e. The Morgan fingerprint density at radius 1 is 0.667 bits per heavy atom. The Bertz CT molecular complexity index is 557. The van der Waals surface area contributed by atoms with Crippen molar-refractivity contribution in [2.24, 2.45) is 9.98 Å². The van der Waals surface area contributed by atoms with E-state index < -0.39 is 47.8 Å². The monoisotopic (exact) mass is 504 g/mol. The maximum atomic E-state index is 11.9. The van der Waals surface area contributed by atoms with E-state index >= 15 is 0 Å². The summed E-state index contributed by atoms with van der Waals surface area (Å²) in [5.41, 5.74) is 2.40. The second kappa shape index (κ2) is 8.26.